The lowest BCUT2D eigenvalue weighted by Crippen LogP contribution is -2.33. The van der Waals surface area contributed by atoms with Crippen LogP contribution in [0, 0.1) is 5.92 Å². The van der Waals surface area contributed by atoms with Crippen molar-refractivity contribution in [2.24, 2.45) is 5.92 Å². The molecule has 0 amide bonds. The predicted molar refractivity (Wildman–Crippen MR) is 306 cm³/mol. The molecule has 3 aliphatic carbocycles. The molecule has 0 aromatic heterocycles. The first-order chi connectivity index (χ1) is 34.1. The molecule has 402 valence electrons. The first kappa shape index (κ1) is 61.2. The van der Waals surface area contributed by atoms with E-state index in [4.69, 9.17) is 9.47 Å². The topological polar surface area (TPSA) is 79.2 Å². The Morgan fingerprint density at radius 1 is 0.472 bits per heavy atom. The van der Waals surface area contributed by atoms with Crippen molar-refractivity contribution in [1.82, 2.24) is 0 Å². The minimum Gasteiger partial charge on any atom is -0.393 e. The van der Waals surface area contributed by atoms with E-state index in [2.05, 4.69) is 187 Å². The highest BCUT2D eigenvalue weighted by Gasteiger charge is 2.35. The van der Waals surface area contributed by atoms with Gasteiger partial charge in [0.2, 0.25) is 0 Å². The predicted octanol–water partition coefficient (Wildman–Crippen LogP) is 18.2. The zero-order chi connectivity index (χ0) is 53.1. The maximum absolute atomic E-state index is 10.7. The normalized spacial score (nSPS) is 23.4. The van der Waals surface area contributed by atoms with Crippen LogP contribution in [0.15, 0.2) is 97.1 Å². The van der Waals surface area contributed by atoms with Crippen LogP contribution >= 0.6 is 0 Å². The highest BCUT2D eigenvalue weighted by molar-refractivity contribution is 5.32. The Morgan fingerprint density at radius 2 is 0.792 bits per heavy atom. The Labute approximate surface area is 441 Å². The van der Waals surface area contributed by atoms with Gasteiger partial charge in [-0.25, -0.2) is 0 Å². The largest absolute Gasteiger partial charge is 0.393 e. The van der Waals surface area contributed by atoms with Crippen molar-refractivity contribution in [1.29, 1.82) is 0 Å². The van der Waals surface area contributed by atoms with E-state index in [1.807, 2.05) is 6.92 Å². The molecule has 3 N–H and O–H groups in total. The van der Waals surface area contributed by atoms with Crippen LogP contribution < -0.4 is 0 Å². The van der Waals surface area contributed by atoms with Gasteiger partial charge < -0.3 is 24.8 Å². The molecule has 3 saturated carbocycles. The summed E-state index contributed by atoms with van der Waals surface area (Å²) in [7, 11) is 0. The van der Waals surface area contributed by atoms with Crippen molar-refractivity contribution in [2.75, 3.05) is 6.61 Å². The monoisotopic (exact) mass is 989 g/mol. The smallest absolute Gasteiger partial charge is 0.0898 e. The average Bonchev–Trinajstić information content (AvgIpc) is 3.40. The molecule has 72 heavy (non-hydrogen) atoms. The summed E-state index contributed by atoms with van der Waals surface area (Å²) in [5, 5.41) is 30.9. The molecular formula is C67H104O5. The second kappa shape index (κ2) is 29.1. The van der Waals surface area contributed by atoms with Crippen LogP contribution in [-0.4, -0.2) is 34.1 Å². The maximum atomic E-state index is 10.7. The summed E-state index contributed by atoms with van der Waals surface area (Å²) in [5.41, 5.74) is 8.59. The van der Waals surface area contributed by atoms with Crippen LogP contribution in [0.5, 0.6) is 0 Å². The van der Waals surface area contributed by atoms with Gasteiger partial charge in [-0.1, -0.05) is 179 Å². The van der Waals surface area contributed by atoms with Crippen LogP contribution in [0.4, 0.5) is 0 Å². The third-order valence-electron chi connectivity index (χ3n) is 17.2. The molecule has 0 aliphatic heterocycles. The SMILES string of the molecule is CCC(C)c1ccc(C(C)(C)OC2CCCCC2)cc1.CCC(C)c1ccc(C2(O)CCC(C)CC2)cc1.CCC(C)c1ccc(C2(O)CCC(O)CC2)cc1.CCOC(C)(C)c1ccc(C(C)CC)cc1. The molecule has 5 nitrogen and oxygen atoms in total. The lowest BCUT2D eigenvalue weighted by Gasteiger charge is -2.35. The summed E-state index contributed by atoms with van der Waals surface area (Å²) in [6, 6.07) is 34.9. The van der Waals surface area contributed by atoms with E-state index in [1.54, 1.807) is 0 Å². The second-order valence-corrected chi connectivity index (χ2v) is 23.5. The summed E-state index contributed by atoms with van der Waals surface area (Å²) in [6.45, 7) is 31.6. The summed E-state index contributed by atoms with van der Waals surface area (Å²) in [5.74, 6) is 3.24. The van der Waals surface area contributed by atoms with Crippen molar-refractivity contribution in [2.45, 2.75) is 264 Å². The fraction of sp³-hybridized carbons (Fsp3) is 0.642. The van der Waals surface area contributed by atoms with E-state index >= 15 is 0 Å². The molecule has 4 atom stereocenters. The van der Waals surface area contributed by atoms with Gasteiger partial charge in [0, 0.05) is 6.61 Å². The second-order valence-electron chi connectivity index (χ2n) is 23.5. The average molecular weight is 990 g/mol. The number of aliphatic hydroxyl groups excluding tert-OH is 1. The van der Waals surface area contributed by atoms with Crippen LogP contribution in [-0.2, 0) is 31.9 Å². The molecule has 5 heteroatoms. The molecule has 4 aromatic rings. The Balaban J connectivity index is 0.000000209. The van der Waals surface area contributed by atoms with Gasteiger partial charge in [-0.15, -0.1) is 0 Å². The van der Waals surface area contributed by atoms with E-state index in [0.717, 1.165) is 55.8 Å². The standard InChI is InChI=1S/C19H30O.C17H26O.C16H24O2.C15H24O/c1-5-15(2)16-11-13-17(14-12-16)19(3,4)20-18-9-7-6-8-10-18;1-4-14(3)15-5-7-16(8-6-15)17(18)11-9-13(2)10-12-17;1-3-12(2)13-4-6-14(7-5-13)16(18)10-8-15(17)9-11-16;1-6-12(3)13-8-10-14(11-9-13)15(4,5)16-7-2/h11-15,18H,5-10H2,1-4H3;5-8,13-14,18H,4,9-12H2,1-3H3;4-7,12,15,17-18H,3,8-11H2,1-2H3;8-12H,6-7H2,1-5H3. The minimum absolute atomic E-state index is 0.171. The third kappa shape index (κ3) is 18.2. The van der Waals surface area contributed by atoms with Gasteiger partial charge in [0.25, 0.3) is 0 Å². The third-order valence-corrected chi connectivity index (χ3v) is 17.2. The van der Waals surface area contributed by atoms with Crippen molar-refractivity contribution in [3.8, 4) is 0 Å². The number of aliphatic hydroxyl groups is 3. The van der Waals surface area contributed by atoms with Crippen molar-refractivity contribution in [3.05, 3.63) is 142 Å². The minimum atomic E-state index is -0.729. The maximum Gasteiger partial charge on any atom is 0.0898 e. The quantitative estimate of drug-likeness (QED) is 0.104. The van der Waals surface area contributed by atoms with E-state index in [0.29, 0.717) is 55.5 Å². The molecule has 7 rings (SSSR count). The molecule has 0 bridgehead atoms. The van der Waals surface area contributed by atoms with Crippen LogP contribution in [0.1, 0.15) is 274 Å². The number of hydrogen-bond acceptors (Lipinski definition) is 5. The van der Waals surface area contributed by atoms with E-state index in [9.17, 15) is 15.3 Å². The van der Waals surface area contributed by atoms with Gasteiger partial charge in [0.1, 0.15) is 0 Å². The Hall–Kier alpha value is -3.32. The highest BCUT2D eigenvalue weighted by atomic mass is 16.5. The fourth-order valence-electron chi connectivity index (χ4n) is 10.6. The molecule has 0 radical (unpaired) electrons. The Bertz CT molecular complexity index is 1980. The van der Waals surface area contributed by atoms with E-state index < -0.39 is 11.2 Å². The number of benzene rings is 4. The summed E-state index contributed by atoms with van der Waals surface area (Å²) in [6.07, 6.45) is 18.2. The molecule has 0 heterocycles. The zero-order valence-electron chi connectivity index (χ0n) is 48.2. The molecule has 3 aliphatic rings. The van der Waals surface area contributed by atoms with Crippen LogP contribution in [0.25, 0.3) is 0 Å². The summed E-state index contributed by atoms with van der Waals surface area (Å²) in [4.78, 5) is 0. The van der Waals surface area contributed by atoms with Gasteiger partial charge in [-0.3, -0.25) is 0 Å². The molecular weight excluding hydrogens is 885 g/mol. The first-order valence-corrected chi connectivity index (χ1v) is 29.0. The highest BCUT2D eigenvalue weighted by Crippen LogP contribution is 2.41. The fourth-order valence-corrected chi connectivity index (χ4v) is 10.6. The summed E-state index contributed by atoms with van der Waals surface area (Å²) >= 11 is 0. The first-order valence-electron chi connectivity index (χ1n) is 29.0. The van der Waals surface area contributed by atoms with Crippen molar-refractivity contribution >= 4 is 0 Å². The van der Waals surface area contributed by atoms with Gasteiger partial charge in [0.15, 0.2) is 0 Å². The van der Waals surface area contributed by atoms with Gasteiger partial charge in [-0.2, -0.15) is 0 Å². The number of rotatable bonds is 16. The van der Waals surface area contributed by atoms with Crippen molar-refractivity contribution in [3.63, 3.8) is 0 Å². The molecule has 0 spiro atoms. The molecule has 4 aromatic carbocycles. The van der Waals surface area contributed by atoms with Crippen LogP contribution in [0.2, 0.25) is 0 Å². The van der Waals surface area contributed by atoms with E-state index in [1.165, 1.54) is 84.7 Å². The Kier molecular flexibility index (Phi) is 24.8. The summed E-state index contributed by atoms with van der Waals surface area (Å²) < 4.78 is 12.1. The van der Waals surface area contributed by atoms with Crippen molar-refractivity contribution < 1.29 is 24.8 Å². The van der Waals surface area contributed by atoms with E-state index in [-0.39, 0.29) is 17.3 Å². The lowest BCUT2D eigenvalue weighted by atomic mass is 9.75. The zero-order valence-corrected chi connectivity index (χ0v) is 48.2. The molecule has 3 fully saturated rings. The van der Waals surface area contributed by atoms with Gasteiger partial charge >= 0.3 is 0 Å². The molecule has 4 unspecified atom stereocenters. The van der Waals surface area contributed by atoms with Gasteiger partial charge in [0.05, 0.1) is 34.6 Å². The van der Waals surface area contributed by atoms with Gasteiger partial charge in [-0.05, 0) is 199 Å². The molecule has 0 saturated heterocycles. The Morgan fingerprint density at radius 3 is 1.12 bits per heavy atom. The number of hydrogen-bond donors (Lipinski definition) is 3. The lowest BCUT2D eigenvalue weighted by molar-refractivity contribution is -0.0889. The number of ether oxygens (including phenoxy) is 2. The van der Waals surface area contributed by atoms with Crippen LogP contribution in [0.3, 0.4) is 0 Å².